The second-order valence-electron chi connectivity index (χ2n) is 4.63. The number of carbonyl (C=O) groups excluding carboxylic acids is 1. The zero-order valence-electron chi connectivity index (χ0n) is 9.80. The Morgan fingerprint density at radius 1 is 1.35 bits per heavy atom. The van der Waals surface area contributed by atoms with Gasteiger partial charge in [0.15, 0.2) is 0 Å². The molecule has 4 nitrogen and oxygen atoms in total. The number of aliphatic hydroxyl groups excluding tert-OH is 1. The molecule has 92 valence electrons. The first-order valence-electron chi connectivity index (χ1n) is 5.89. The number of hydrogen-bond donors (Lipinski definition) is 2. The third kappa shape index (κ3) is 2.48. The topological polar surface area (TPSA) is 66.6 Å². The van der Waals surface area contributed by atoms with Crippen LogP contribution < -0.4 is 5.73 Å². The summed E-state index contributed by atoms with van der Waals surface area (Å²) in [7, 11) is 0. The zero-order chi connectivity index (χ0) is 12.3. The largest absolute Gasteiger partial charge is 0.394 e. The van der Waals surface area contributed by atoms with E-state index in [1.54, 1.807) is 4.90 Å². The van der Waals surface area contributed by atoms with Crippen molar-refractivity contribution in [2.24, 2.45) is 5.73 Å². The van der Waals surface area contributed by atoms with Crippen molar-refractivity contribution in [2.45, 2.75) is 24.9 Å². The van der Waals surface area contributed by atoms with Gasteiger partial charge >= 0.3 is 0 Å². The van der Waals surface area contributed by atoms with Crippen LogP contribution in [0.25, 0.3) is 0 Å². The van der Waals surface area contributed by atoms with Crippen LogP contribution in [0.15, 0.2) is 30.3 Å². The number of hydrogen-bond acceptors (Lipinski definition) is 3. The van der Waals surface area contributed by atoms with Gasteiger partial charge in [0.05, 0.1) is 6.61 Å². The normalized spacial score (nSPS) is 25.1. The number of amides is 1. The summed E-state index contributed by atoms with van der Waals surface area (Å²) in [4.78, 5) is 13.9. The van der Waals surface area contributed by atoms with E-state index < -0.39 is 5.54 Å². The van der Waals surface area contributed by atoms with Crippen LogP contribution in [0.5, 0.6) is 0 Å². The molecule has 0 spiro atoms. The number of nitrogens with zero attached hydrogens (tertiary/aromatic N) is 1. The fourth-order valence-corrected chi connectivity index (χ4v) is 2.21. The highest BCUT2D eigenvalue weighted by atomic mass is 16.3. The average Bonchev–Trinajstić information content (AvgIpc) is 2.36. The van der Waals surface area contributed by atoms with Gasteiger partial charge in [-0.2, -0.15) is 0 Å². The number of benzene rings is 1. The van der Waals surface area contributed by atoms with Crippen molar-refractivity contribution in [3.05, 3.63) is 35.9 Å². The van der Waals surface area contributed by atoms with Crippen LogP contribution in [-0.2, 0) is 11.3 Å². The molecule has 3 N–H and O–H groups in total. The summed E-state index contributed by atoms with van der Waals surface area (Å²) < 4.78 is 0. The second kappa shape index (κ2) is 4.85. The Balaban J connectivity index is 2.09. The molecule has 1 heterocycles. The lowest BCUT2D eigenvalue weighted by Crippen LogP contribution is -2.60. The Morgan fingerprint density at radius 2 is 2.06 bits per heavy atom. The lowest BCUT2D eigenvalue weighted by Gasteiger charge is -2.38. The van der Waals surface area contributed by atoms with Crippen LogP contribution in [-0.4, -0.2) is 34.6 Å². The van der Waals surface area contributed by atoms with Crippen molar-refractivity contribution in [3.8, 4) is 0 Å². The molecule has 2 rings (SSSR count). The third-order valence-electron chi connectivity index (χ3n) is 3.26. The number of likely N-dealkylation sites (tertiary alicyclic amines) is 1. The third-order valence-corrected chi connectivity index (χ3v) is 3.26. The minimum absolute atomic E-state index is 0.143. The molecule has 0 saturated carbocycles. The zero-order valence-corrected chi connectivity index (χ0v) is 9.80. The van der Waals surface area contributed by atoms with Gasteiger partial charge in [-0.15, -0.1) is 0 Å². The summed E-state index contributed by atoms with van der Waals surface area (Å²) in [5.41, 5.74) is 5.91. The monoisotopic (exact) mass is 234 g/mol. The van der Waals surface area contributed by atoms with Crippen LogP contribution in [0.1, 0.15) is 18.4 Å². The van der Waals surface area contributed by atoms with E-state index in [9.17, 15) is 9.90 Å². The van der Waals surface area contributed by atoms with Crippen LogP contribution in [0.2, 0.25) is 0 Å². The van der Waals surface area contributed by atoms with Crippen molar-refractivity contribution in [1.82, 2.24) is 4.90 Å². The molecule has 0 radical (unpaired) electrons. The Labute approximate surface area is 101 Å². The molecule has 0 aliphatic carbocycles. The van der Waals surface area contributed by atoms with E-state index in [1.807, 2.05) is 30.3 Å². The number of aliphatic hydroxyl groups is 1. The number of rotatable bonds is 3. The van der Waals surface area contributed by atoms with Gasteiger partial charge in [0, 0.05) is 13.1 Å². The van der Waals surface area contributed by atoms with Crippen molar-refractivity contribution < 1.29 is 9.90 Å². The van der Waals surface area contributed by atoms with Crippen molar-refractivity contribution in [2.75, 3.05) is 13.2 Å². The summed E-state index contributed by atoms with van der Waals surface area (Å²) in [5, 5.41) is 9.23. The molecule has 0 bridgehead atoms. The molecular formula is C13H18N2O2. The van der Waals surface area contributed by atoms with E-state index in [0.29, 0.717) is 19.5 Å². The molecular weight excluding hydrogens is 216 g/mol. The van der Waals surface area contributed by atoms with Crippen molar-refractivity contribution >= 4 is 5.91 Å². The molecule has 1 unspecified atom stereocenters. The van der Waals surface area contributed by atoms with Crippen LogP contribution in [0.3, 0.4) is 0 Å². The molecule has 1 saturated heterocycles. The predicted octanol–water partition coefficient (Wildman–Crippen LogP) is 0.499. The predicted molar refractivity (Wildman–Crippen MR) is 65.1 cm³/mol. The van der Waals surface area contributed by atoms with Gasteiger partial charge in [0.2, 0.25) is 5.91 Å². The van der Waals surface area contributed by atoms with E-state index >= 15 is 0 Å². The van der Waals surface area contributed by atoms with Gasteiger partial charge in [0.1, 0.15) is 5.54 Å². The summed E-state index contributed by atoms with van der Waals surface area (Å²) in [5.74, 6) is -0.143. The van der Waals surface area contributed by atoms with E-state index in [-0.39, 0.29) is 12.5 Å². The fraction of sp³-hybridized carbons (Fsp3) is 0.462. The molecule has 17 heavy (non-hydrogen) atoms. The Bertz CT molecular complexity index is 394. The summed E-state index contributed by atoms with van der Waals surface area (Å²) in [6.45, 7) is 1.00. The van der Waals surface area contributed by atoms with E-state index in [2.05, 4.69) is 0 Å². The lowest BCUT2D eigenvalue weighted by atomic mass is 9.89. The molecule has 1 aliphatic rings. The highest BCUT2D eigenvalue weighted by molar-refractivity contribution is 5.87. The van der Waals surface area contributed by atoms with E-state index in [0.717, 1.165) is 12.0 Å². The minimum atomic E-state index is -1.08. The molecule has 1 amide bonds. The van der Waals surface area contributed by atoms with Gasteiger partial charge in [-0.3, -0.25) is 4.79 Å². The first-order chi connectivity index (χ1) is 8.15. The fourth-order valence-electron chi connectivity index (χ4n) is 2.21. The summed E-state index contributed by atoms with van der Waals surface area (Å²) in [6, 6.07) is 9.82. The van der Waals surface area contributed by atoms with Crippen LogP contribution in [0, 0.1) is 0 Å². The second-order valence-corrected chi connectivity index (χ2v) is 4.63. The minimum Gasteiger partial charge on any atom is -0.394 e. The molecule has 1 fully saturated rings. The van der Waals surface area contributed by atoms with E-state index in [1.165, 1.54) is 0 Å². The number of nitrogens with two attached hydrogens (primary N) is 1. The standard InChI is InChI=1S/C13H18N2O2/c14-13(10-16)7-4-8-15(12(13)17)9-11-5-2-1-3-6-11/h1-3,5-6,16H,4,7-10,14H2. The lowest BCUT2D eigenvalue weighted by molar-refractivity contribution is -0.142. The maximum atomic E-state index is 12.1. The number of piperidine rings is 1. The Kier molecular flexibility index (Phi) is 3.45. The first-order valence-corrected chi connectivity index (χ1v) is 5.89. The highest BCUT2D eigenvalue weighted by Gasteiger charge is 2.39. The maximum absolute atomic E-state index is 12.1. The molecule has 1 aliphatic heterocycles. The molecule has 1 aromatic carbocycles. The summed E-state index contributed by atoms with van der Waals surface area (Å²) in [6.07, 6.45) is 1.41. The molecule has 1 atom stereocenters. The SMILES string of the molecule is NC1(CO)CCCN(Cc2ccccc2)C1=O. The molecule has 0 aromatic heterocycles. The maximum Gasteiger partial charge on any atom is 0.245 e. The smallest absolute Gasteiger partial charge is 0.245 e. The van der Waals surface area contributed by atoms with Crippen molar-refractivity contribution in [1.29, 1.82) is 0 Å². The quantitative estimate of drug-likeness (QED) is 0.800. The van der Waals surface area contributed by atoms with Gasteiger partial charge < -0.3 is 15.7 Å². The molecule has 4 heteroatoms. The summed E-state index contributed by atoms with van der Waals surface area (Å²) >= 11 is 0. The van der Waals surface area contributed by atoms with Gasteiger partial charge in [0.25, 0.3) is 0 Å². The number of carbonyl (C=O) groups is 1. The van der Waals surface area contributed by atoms with Crippen LogP contribution in [0.4, 0.5) is 0 Å². The highest BCUT2D eigenvalue weighted by Crippen LogP contribution is 2.21. The van der Waals surface area contributed by atoms with Gasteiger partial charge in [-0.1, -0.05) is 30.3 Å². The first kappa shape index (κ1) is 12.1. The van der Waals surface area contributed by atoms with Crippen molar-refractivity contribution in [3.63, 3.8) is 0 Å². The van der Waals surface area contributed by atoms with E-state index in [4.69, 9.17) is 5.73 Å². The van der Waals surface area contributed by atoms with Gasteiger partial charge in [-0.25, -0.2) is 0 Å². The Hall–Kier alpha value is -1.39. The van der Waals surface area contributed by atoms with Gasteiger partial charge in [-0.05, 0) is 18.4 Å². The van der Waals surface area contributed by atoms with Crippen LogP contribution >= 0.6 is 0 Å². The molecule has 1 aromatic rings. The average molecular weight is 234 g/mol. The Morgan fingerprint density at radius 3 is 2.71 bits per heavy atom.